The van der Waals surface area contributed by atoms with Crippen molar-refractivity contribution in [2.75, 3.05) is 40.3 Å². The van der Waals surface area contributed by atoms with Crippen LogP contribution < -0.4 is 5.32 Å². The summed E-state index contributed by atoms with van der Waals surface area (Å²) in [5.74, 6) is 0. The predicted octanol–water partition coefficient (Wildman–Crippen LogP) is 1.29. The highest BCUT2D eigenvalue weighted by Crippen LogP contribution is 2.27. The lowest BCUT2D eigenvalue weighted by Gasteiger charge is -2.38. The minimum Gasteiger partial charge on any atom is -0.307 e. The number of rotatable bonds is 3. The lowest BCUT2D eigenvalue weighted by molar-refractivity contribution is 0.110. The molecule has 4 heteroatoms. The van der Waals surface area contributed by atoms with Gasteiger partial charge in [-0.05, 0) is 45.0 Å². The molecule has 2 heterocycles. The Kier molecular flexibility index (Phi) is 4.34. The van der Waals surface area contributed by atoms with Crippen molar-refractivity contribution >= 4 is 0 Å². The summed E-state index contributed by atoms with van der Waals surface area (Å²) in [6.45, 7) is 4.57. The van der Waals surface area contributed by atoms with Gasteiger partial charge in [0.2, 0.25) is 0 Å². The smallest absolute Gasteiger partial charge is 0.0605 e. The highest BCUT2D eigenvalue weighted by atomic mass is 15.3. The maximum Gasteiger partial charge on any atom is 0.0605 e. The highest BCUT2D eigenvalue weighted by molar-refractivity contribution is 5.25. The van der Waals surface area contributed by atoms with Gasteiger partial charge in [0.25, 0.3) is 0 Å². The topological polar surface area (TPSA) is 31.4 Å². The molecule has 0 spiro atoms. The number of likely N-dealkylation sites (N-methyl/N-ethyl adjacent to an activating group) is 2. The molecular weight excluding hydrogens is 248 g/mol. The van der Waals surface area contributed by atoms with Crippen LogP contribution in [-0.4, -0.2) is 61.1 Å². The first kappa shape index (κ1) is 14.0. The first-order valence-corrected chi connectivity index (χ1v) is 7.80. The van der Waals surface area contributed by atoms with E-state index in [2.05, 4.69) is 46.3 Å². The molecular formula is C16H26N4. The summed E-state index contributed by atoms with van der Waals surface area (Å²) in [4.78, 5) is 9.52. The fourth-order valence-electron chi connectivity index (χ4n) is 3.41. The van der Waals surface area contributed by atoms with Crippen molar-refractivity contribution in [1.29, 1.82) is 0 Å². The maximum atomic E-state index is 4.61. The van der Waals surface area contributed by atoms with Crippen LogP contribution in [0.25, 0.3) is 0 Å². The lowest BCUT2D eigenvalue weighted by atomic mass is 9.92. The van der Waals surface area contributed by atoms with E-state index in [9.17, 15) is 0 Å². The molecule has 3 rings (SSSR count). The van der Waals surface area contributed by atoms with Gasteiger partial charge in [0, 0.05) is 44.5 Å². The molecule has 4 nitrogen and oxygen atoms in total. The molecule has 110 valence electrons. The molecule has 1 aromatic heterocycles. The summed E-state index contributed by atoms with van der Waals surface area (Å²) in [5, 5.41) is 3.77. The van der Waals surface area contributed by atoms with E-state index in [1.807, 2.05) is 6.20 Å². The fraction of sp³-hybridized carbons (Fsp3) is 0.688. The number of hydrogen-bond acceptors (Lipinski definition) is 4. The monoisotopic (exact) mass is 274 g/mol. The number of nitrogens with zero attached hydrogens (tertiary/aromatic N) is 3. The van der Waals surface area contributed by atoms with Crippen LogP contribution in [0.4, 0.5) is 0 Å². The van der Waals surface area contributed by atoms with E-state index in [0.717, 1.165) is 13.1 Å². The van der Waals surface area contributed by atoms with E-state index in [0.29, 0.717) is 12.1 Å². The van der Waals surface area contributed by atoms with Gasteiger partial charge in [-0.2, -0.15) is 0 Å². The van der Waals surface area contributed by atoms with Crippen LogP contribution in [0, 0.1) is 0 Å². The second kappa shape index (κ2) is 6.20. The van der Waals surface area contributed by atoms with Crippen molar-refractivity contribution in [1.82, 2.24) is 20.1 Å². The average molecular weight is 274 g/mol. The normalized spacial score (nSPS) is 28.3. The Bertz CT molecular complexity index is 448. The molecule has 2 atom stereocenters. The second-order valence-electron chi connectivity index (χ2n) is 6.30. The van der Waals surface area contributed by atoms with Crippen LogP contribution >= 0.6 is 0 Å². The van der Waals surface area contributed by atoms with Gasteiger partial charge >= 0.3 is 0 Å². The molecule has 1 aliphatic heterocycles. The van der Waals surface area contributed by atoms with E-state index in [4.69, 9.17) is 0 Å². The van der Waals surface area contributed by atoms with Gasteiger partial charge in [0.05, 0.1) is 5.69 Å². The van der Waals surface area contributed by atoms with Crippen molar-refractivity contribution in [3.05, 3.63) is 29.6 Å². The highest BCUT2D eigenvalue weighted by Gasteiger charge is 2.25. The number of aromatic nitrogens is 1. The van der Waals surface area contributed by atoms with Crippen LogP contribution in [0.2, 0.25) is 0 Å². The number of nitrogens with one attached hydrogen (secondary N) is 1. The molecule has 2 unspecified atom stereocenters. The molecule has 1 N–H and O–H groups in total. The summed E-state index contributed by atoms with van der Waals surface area (Å²) in [6, 6.07) is 5.35. The minimum absolute atomic E-state index is 0.445. The quantitative estimate of drug-likeness (QED) is 0.900. The van der Waals surface area contributed by atoms with Gasteiger partial charge in [-0.25, -0.2) is 0 Å². The van der Waals surface area contributed by atoms with Gasteiger partial charge < -0.3 is 10.2 Å². The van der Waals surface area contributed by atoms with Gasteiger partial charge in [-0.15, -0.1) is 0 Å². The largest absolute Gasteiger partial charge is 0.307 e. The summed E-state index contributed by atoms with van der Waals surface area (Å²) in [7, 11) is 4.46. The van der Waals surface area contributed by atoms with E-state index >= 15 is 0 Å². The standard InChI is InChI=1S/C16H26N4/c1-19-9-10-20(2)14(12-19)11-18-15-7-3-5-13-6-4-8-17-16(13)15/h4,6,8,14-15,18H,3,5,7,9-12H2,1-2H3. The van der Waals surface area contributed by atoms with Crippen molar-refractivity contribution in [3.8, 4) is 0 Å². The molecule has 0 radical (unpaired) electrons. The Labute approximate surface area is 122 Å². The molecule has 1 saturated heterocycles. The fourth-order valence-corrected chi connectivity index (χ4v) is 3.41. The number of piperazine rings is 1. The molecule has 0 saturated carbocycles. The zero-order chi connectivity index (χ0) is 13.9. The van der Waals surface area contributed by atoms with Crippen molar-refractivity contribution in [2.24, 2.45) is 0 Å². The summed E-state index contributed by atoms with van der Waals surface area (Å²) in [6.07, 6.45) is 5.61. The third-order valence-corrected chi connectivity index (χ3v) is 4.78. The third kappa shape index (κ3) is 3.03. The maximum absolute atomic E-state index is 4.61. The van der Waals surface area contributed by atoms with E-state index in [1.54, 1.807) is 0 Å². The molecule has 20 heavy (non-hydrogen) atoms. The lowest BCUT2D eigenvalue weighted by Crippen LogP contribution is -2.54. The Balaban J connectivity index is 1.61. The Morgan fingerprint density at radius 2 is 2.25 bits per heavy atom. The van der Waals surface area contributed by atoms with E-state index < -0.39 is 0 Å². The Morgan fingerprint density at radius 1 is 1.35 bits per heavy atom. The van der Waals surface area contributed by atoms with Crippen LogP contribution in [0.1, 0.15) is 30.1 Å². The van der Waals surface area contributed by atoms with Gasteiger partial charge in [-0.1, -0.05) is 6.07 Å². The first-order chi connectivity index (χ1) is 9.74. The second-order valence-corrected chi connectivity index (χ2v) is 6.30. The SMILES string of the molecule is CN1CCN(C)C(CNC2CCCc3cccnc32)C1. The zero-order valence-electron chi connectivity index (χ0n) is 12.7. The first-order valence-electron chi connectivity index (χ1n) is 7.80. The van der Waals surface area contributed by atoms with Crippen molar-refractivity contribution < 1.29 is 0 Å². The molecule has 0 bridgehead atoms. The van der Waals surface area contributed by atoms with Gasteiger partial charge in [-0.3, -0.25) is 9.88 Å². The summed E-state index contributed by atoms with van der Waals surface area (Å²) < 4.78 is 0. The molecule has 2 aliphatic rings. The van der Waals surface area contributed by atoms with E-state index in [1.165, 1.54) is 43.6 Å². The number of fused-ring (bicyclic) bond motifs is 1. The minimum atomic E-state index is 0.445. The third-order valence-electron chi connectivity index (χ3n) is 4.78. The Morgan fingerprint density at radius 3 is 3.15 bits per heavy atom. The summed E-state index contributed by atoms with van der Waals surface area (Å²) >= 11 is 0. The van der Waals surface area contributed by atoms with Gasteiger partial charge in [0.1, 0.15) is 0 Å². The van der Waals surface area contributed by atoms with Crippen LogP contribution in [0.15, 0.2) is 18.3 Å². The molecule has 1 aliphatic carbocycles. The van der Waals surface area contributed by atoms with Crippen molar-refractivity contribution in [3.63, 3.8) is 0 Å². The predicted molar refractivity (Wildman–Crippen MR) is 81.8 cm³/mol. The molecule has 0 aromatic carbocycles. The molecule has 0 amide bonds. The van der Waals surface area contributed by atoms with Crippen LogP contribution in [0.3, 0.4) is 0 Å². The summed E-state index contributed by atoms with van der Waals surface area (Å²) in [5.41, 5.74) is 2.72. The van der Waals surface area contributed by atoms with Crippen LogP contribution in [-0.2, 0) is 6.42 Å². The van der Waals surface area contributed by atoms with Crippen molar-refractivity contribution in [2.45, 2.75) is 31.3 Å². The molecule has 1 aromatic rings. The number of pyridine rings is 1. The van der Waals surface area contributed by atoms with Gasteiger partial charge in [0.15, 0.2) is 0 Å². The van der Waals surface area contributed by atoms with Crippen LogP contribution in [0.5, 0.6) is 0 Å². The number of aryl methyl sites for hydroxylation is 1. The Hall–Kier alpha value is -0.970. The van der Waals surface area contributed by atoms with E-state index in [-0.39, 0.29) is 0 Å². The average Bonchev–Trinajstić information content (AvgIpc) is 2.48. The zero-order valence-corrected chi connectivity index (χ0v) is 12.7. The number of hydrogen-bond donors (Lipinski definition) is 1. The molecule has 1 fully saturated rings.